The maximum atomic E-state index is 12.8. The van der Waals surface area contributed by atoms with Crippen molar-refractivity contribution in [2.75, 3.05) is 0 Å². The minimum atomic E-state index is -0.286. The summed E-state index contributed by atoms with van der Waals surface area (Å²) in [6.45, 7) is 13.4. The normalized spacial score (nSPS) is 40.0. The molecule has 3 fully saturated rings. The van der Waals surface area contributed by atoms with E-state index in [1.165, 1.54) is 12.8 Å². The summed E-state index contributed by atoms with van der Waals surface area (Å²) in [6.07, 6.45) is 7.20. The Morgan fingerprint density at radius 1 is 0.655 bits per heavy atom. The fourth-order valence-electron chi connectivity index (χ4n) is 5.69. The van der Waals surface area contributed by atoms with Crippen LogP contribution in [0.1, 0.15) is 86.5 Å². The van der Waals surface area contributed by atoms with Crippen LogP contribution < -0.4 is 0 Å². The van der Waals surface area contributed by atoms with E-state index in [9.17, 15) is 9.59 Å². The first-order valence-electron chi connectivity index (χ1n) is 12.1. The number of esters is 2. The van der Waals surface area contributed by atoms with E-state index in [-0.39, 0.29) is 36.0 Å². The molecule has 0 spiro atoms. The van der Waals surface area contributed by atoms with Gasteiger partial charge in [0.25, 0.3) is 0 Å². The minimum absolute atomic E-state index is 0.00744. The van der Waals surface area contributed by atoms with E-state index >= 15 is 0 Å². The van der Waals surface area contributed by atoms with Crippen molar-refractivity contribution in [2.24, 2.45) is 47.3 Å². The SMILES string of the molecule is CC(C)[C@H]1CC[C@@H](C)C[C@H]1OC(=O)[C@H]1C[C@H]1C(=O)O[C@@H]1C[C@H](C)CC[C@H]1C(C)C. The average Bonchev–Trinajstić information content (AvgIpc) is 3.42. The monoisotopic (exact) mass is 406 g/mol. The van der Waals surface area contributed by atoms with Gasteiger partial charge in [-0.3, -0.25) is 9.59 Å². The van der Waals surface area contributed by atoms with Crippen LogP contribution in [0.4, 0.5) is 0 Å². The molecule has 0 heterocycles. The Labute approximate surface area is 177 Å². The van der Waals surface area contributed by atoms with Gasteiger partial charge in [-0.15, -0.1) is 0 Å². The molecule has 4 heteroatoms. The van der Waals surface area contributed by atoms with Crippen LogP contribution in [0.25, 0.3) is 0 Å². The fraction of sp³-hybridized carbons (Fsp3) is 0.920. The highest BCUT2D eigenvalue weighted by Gasteiger charge is 2.52. The first kappa shape index (κ1) is 22.6. The van der Waals surface area contributed by atoms with Crippen molar-refractivity contribution in [3.63, 3.8) is 0 Å². The third kappa shape index (κ3) is 5.55. The number of carbonyl (C=O) groups excluding carboxylic acids is 2. The molecule has 3 rings (SSSR count). The molecule has 0 unspecified atom stereocenters. The first-order chi connectivity index (χ1) is 13.7. The van der Waals surface area contributed by atoms with E-state index in [4.69, 9.17) is 9.47 Å². The summed E-state index contributed by atoms with van der Waals surface area (Å²) in [6, 6.07) is 0. The van der Waals surface area contributed by atoms with Crippen LogP contribution in [0.15, 0.2) is 0 Å². The Bertz CT molecular complexity index is 533. The zero-order valence-corrected chi connectivity index (χ0v) is 19.4. The van der Waals surface area contributed by atoms with Gasteiger partial charge in [0, 0.05) is 0 Å². The molecule has 29 heavy (non-hydrogen) atoms. The standard InChI is InChI=1S/C25H42O4/c1-14(2)18-9-7-16(5)11-22(18)28-24(26)20-13-21(20)25(27)29-23-12-17(6)8-10-19(23)15(3)4/h14-23H,7-13H2,1-6H3/t16-,17-,18-,19+,20+,21-,22-,23-/m1/s1. The second kappa shape index (κ2) is 9.39. The van der Waals surface area contributed by atoms with Crippen LogP contribution in [0.2, 0.25) is 0 Å². The molecule has 0 aromatic carbocycles. The van der Waals surface area contributed by atoms with E-state index in [2.05, 4.69) is 41.5 Å². The van der Waals surface area contributed by atoms with Crippen molar-refractivity contribution < 1.29 is 19.1 Å². The molecule has 0 amide bonds. The van der Waals surface area contributed by atoms with Crippen molar-refractivity contribution in [1.82, 2.24) is 0 Å². The van der Waals surface area contributed by atoms with Crippen LogP contribution in [0.3, 0.4) is 0 Å². The smallest absolute Gasteiger partial charge is 0.310 e. The van der Waals surface area contributed by atoms with Crippen LogP contribution in [-0.4, -0.2) is 24.1 Å². The second-order valence-electron chi connectivity index (χ2n) is 11.1. The zero-order valence-electron chi connectivity index (χ0n) is 19.4. The molecule has 166 valence electrons. The van der Waals surface area contributed by atoms with Gasteiger partial charge in [-0.2, -0.15) is 0 Å². The molecule has 3 saturated carbocycles. The highest BCUT2D eigenvalue weighted by atomic mass is 16.6. The molecular weight excluding hydrogens is 364 g/mol. The lowest BCUT2D eigenvalue weighted by Crippen LogP contribution is -2.37. The van der Waals surface area contributed by atoms with Gasteiger partial charge in [-0.25, -0.2) is 0 Å². The summed E-state index contributed by atoms with van der Waals surface area (Å²) in [5.41, 5.74) is 0. The van der Waals surface area contributed by atoms with E-state index in [0.717, 1.165) is 25.7 Å². The Morgan fingerprint density at radius 3 is 1.38 bits per heavy atom. The number of hydrogen-bond donors (Lipinski definition) is 0. The third-order valence-electron chi connectivity index (χ3n) is 7.85. The number of carbonyl (C=O) groups is 2. The highest BCUT2D eigenvalue weighted by Crippen LogP contribution is 2.44. The number of ether oxygens (including phenoxy) is 2. The summed E-state index contributed by atoms with van der Waals surface area (Å²) in [5, 5.41) is 0. The van der Waals surface area contributed by atoms with E-state index in [1.54, 1.807) is 0 Å². The summed E-state index contributed by atoms with van der Waals surface area (Å²) in [5.74, 6) is 2.20. The molecule has 3 aliphatic rings. The predicted octanol–water partition coefficient (Wildman–Crippen LogP) is 5.63. The highest BCUT2D eigenvalue weighted by molar-refractivity contribution is 5.87. The second-order valence-corrected chi connectivity index (χ2v) is 11.1. The van der Waals surface area contributed by atoms with Crippen molar-refractivity contribution in [2.45, 2.75) is 98.7 Å². The molecule has 0 aliphatic heterocycles. The molecular formula is C25H42O4. The van der Waals surface area contributed by atoms with Gasteiger partial charge < -0.3 is 9.47 Å². The molecule has 4 nitrogen and oxygen atoms in total. The molecule has 0 bridgehead atoms. The topological polar surface area (TPSA) is 52.6 Å². The first-order valence-corrected chi connectivity index (χ1v) is 12.1. The van der Waals surface area contributed by atoms with Crippen LogP contribution in [0.5, 0.6) is 0 Å². The molecule has 8 atom stereocenters. The van der Waals surface area contributed by atoms with Crippen LogP contribution >= 0.6 is 0 Å². The summed E-state index contributed by atoms with van der Waals surface area (Å²) in [7, 11) is 0. The third-order valence-corrected chi connectivity index (χ3v) is 7.85. The summed E-state index contributed by atoms with van der Waals surface area (Å²) < 4.78 is 11.9. The number of hydrogen-bond acceptors (Lipinski definition) is 4. The van der Waals surface area contributed by atoms with Gasteiger partial charge in [0.2, 0.25) is 0 Å². The quantitative estimate of drug-likeness (QED) is 0.536. The lowest BCUT2D eigenvalue weighted by Gasteiger charge is -2.37. The molecule has 0 aromatic rings. The van der Waals surface area contributed by atoms with Crippen molar-refractivity contribution in [1.29, 1.82) is 0 Å². The van der Waals surface area contributed by atoms with Crippen molar-refractivity contribution in [3.05, 3.63) is 0 Å². The summed E-state index contributed by atoms with van der Waals surface area (Å²) in [4.78, 5) is 25.5. The predicted molar refractivity (Wildman–Crippen MR) is 114 cm³/mol. The van der Waals surface area contributed by atoms with E-state index in [1.807, 2.05) is 0 Å². The maximum absolute atomic E-state index is 12.8. The maximum Gasteiger partial charge on any atom is 0.310 e. The van der Waals surface area contributed by atoms with Gasteiger partial charge in [-0.1, -0.05) is 54.4 Å². The minimum Gasteiger partial charge on any atom is -0.462 e. The van der Waals surface area contributed by atoms with Crippen molar-refractivity contribution >= 4 is 11.9 Å². The lowest BCUT2D eigenvalue weighted by molar-refractivity contribution is -0.164. The Morgan fingerprint density at radius 2 is 1.03 bits per heavy atom. The van der Waals surface area contributed by atoms with E-state index < -0.39 is 0 Å². The molecule has 0 N–H and O–H groups in total. The van der Waals surface area contributed by atoms with Gasteiger partial charge in [-0.05, 0) is 67.6 Å². The molecule has 0 saturated heterocycles. The lowest BCUT2D eigenvalue weighted by atomic mass is 9.75. The molecule has 0 radical (unpaired) electrons. The molecule has 0 aromatic heterocycles. The Balaban J connectivity index is 1.52. The van der Waals surface area contributed by atoms with Gasteiger partial charge >= 0.3 is 11.9 Å². The Hall–Kier alpha value is -1.06. The average molecular weight is 407 g/mol. The fourth-order valence-corrected chi connectivity index (χ4v) is 5.69. The van der Waals surface area contributed by atoms with Gasteiger partial charge in [0.15, 0.2) is 0 Å². The van der Waals surface area contributed by atoms with Gasteiger partial charge in [0.1, 0.15) is 12.2 Å². The largest absolute Gasteiger partial charge is 0.462 e. The molecule has 3 aliphatic carbocycles. The Kier molecular flexibility index (Phi) is 7.32. The van der Waals surface area contributed by atoms with E-state index in [0.29, 0.717) is 41.9 Å². The van der Waals surface area contributed by atoms with Gasteiger partial charge in [0.05, 0.1) is 11.8 Å². The zero-order chi connectivity index (χ0) is 21.3. The van der Waals surface area contributed by atoms with Crippen LogP contribution in [0, 0.1) is 47.3 Å². The van der Waals surface area contributed by atoms with Crippen molar-refractivity contribution in [3.8, 4) is 0 Å². The van der Waals surface area contributed by atoms with Crippen LogP contribution in [-0.2, 0) is 19.1 Å². The number of rotatable bonds is 6. The summed E-state index contributed by atoms with van der Waals surface area (Å²) >= 11 is 0.